The first-order valence-corrected chi connectivity index (χ1v) is 45.5. The number of hydrogen-bond donors (Lipinski definition) is 3. The van der Waals surface area contributed by atoms with Gasteiger partial charge in [-0.1, -0.05) is 49.5 Å². The quantitative estimate of drug-likeness (QED) is 0.0344. The summed E-state index contributed by atoms with van der Waals surface area (Å²) in [5, 5.41) is 9.00. The molecular weight excluding hydrogens is 1810 g/mol. The molecule has 6 aliphatic rings. The molecule has 6 aromatic carbocycles. The number of amides is 3. The van der Waals surface area contributed by atoms with Gasteiger partial charge in [-0.15, -0.1) is 35.3 Å². The van der Waals surface area contributed by atoms with E-state index in [4.69, 9.17) is 25.8 Å². The predicted molar refractivity (Wildman–Crippen MR) is 482 cm³/mol. The van der Waals surface area contributed by atoms with E-state index in [1.165, 1.54) is 68.0 Å². The van der Waals surface area contributed by atoms with Crippen molar-refractivity contribution in [3.05, 3.63) is 193 Å². The summed E-state index contributed by atoms with van der Waals surface area (Å²) >= 11 is 9.41. The van der Waals surface area contributed by atoms with Gasteiger partial charge >= 0.3 is 35.6 Å². The van der Waals surface area contributed by atoms with Crippen LogP contribution in [0.15, 0.2) is 146 Å². The highest BCUT2D eigenvalue weighted by molar-refractivity contribution is 8.00. The van der Waals surface area contributed by atoms with E-state index in [2.05, 4.69) is 50.6 Å². The summed E-state index contributed by atoms with van der Waals surface area (Å²) in [4.78, 5) is 102. The average Bonchev–Trinajstić information content (AvgIpc) is 1.72. The van der Waals surface area contributed by atoms with Crippen molar-refractivity contribution in [3.8, 4) is 33.4 Å². The zero-order chi connectivity index (χ0) is 94.9. The number of alkyl halides is 9. The molecule has 3 saturated heterocycles. The Morgan fingerprint density at radius 3 is 1.04 bits per heavy atom. The molecule has 9 aromatic rings. The van der Waals surface area contributed by atoms with E-state index in [1.54, 1.807) is 64.4 Å². The van der Waals surface area contributed by atoms with Crippen molar-refractivity contribution in [1.29, 1.82) is 0 Å². The predicted octanol–water partition coefficient (Wildman–Crippen LogP) is 14.4. The van der Waals surface area contributed by atoms with E-state index in [0.717, 1.165) is 72.1 Å². The molecule has 702 valence electrons. The average molecular weight is 1910 g/mol. The van der Waals surface area contributed by atoms with Crippen LogP contribution in [0.3, 0.4) is 0 Å². The van der Waals surface area contributed by atoms with Crippen molar-refractivity contribution in [1.82, 2.24) is 59.3 Å². The fraction of sp³-hybridized carbons (Fsp3) is 0.433. The Balaban J connectivity index is 0.000000167. The third kappa shape index (κ3) is 20.7. The molecule has 3 amide bonds. The van der Waals surface area contributed by atoms with Gasteiger partial charge in [-0.3, -0.25) is 28.1 Å². The normalized spacial score (nSPS) is 20.6. The molecule has 3 fully saturated rings. The largest absolute Gasteiger partial charge is 0.417 e. The lowest BCUT2D eigenvalue weighted by atomic mass is 9.95. The number of thioether (sulfide) groups is 3. The van der Waals surface area contributed by atoms with Gasteiger partial charge < -0.3 is 59.6 Å². The van der Waals surface area contributed by atoms with Gasteiger partial charge in [-0.25, -0.2) is 31.9 Å². The van der Waals surface area contributed by atoms with Gasteiger partial charge in [-0.05, 0) is 147 Å². The maximum atomic E-state index is 15.2. The molecule has 0 saturated carbocycles. The SMILES string of the molecule is C=CC(=O)N1[C@H](C)CN(c2nc(=O)n3c4c(c(-c5ccc(F)c(Cl)c5)c(C(F)(F)F)cc24)SCC(OCCNC)C3)C[C@@H]1C.C=CC(=O)N1[C@H](C)CN(c2nc(=O)n3c4c(c(-c5ccc(F)cc5)c(C(F)(F)F)cc24)SCC(OCCNC)C3)C[C@@H]1C.C=CC(=O)N1[C@H](C)CN(c2nc(=O)n3c4c(c(-c5ccc(F)cc5F)c(C(F)(F)F)cc24)SCC(OCCNC)C3)C[C@@H]1C. The van der Waals surface area contributed by atoms with Crippen LogP contribution in [0.5, 0.6) is 0 Å². The standard InChI is InChI=1S/C30H32ClF4N5O3S.C30H32F5N5O3S.C30H33F4N5O3S/c1-5-24(41)40-16(2)12-38(13-17(40)3)28-20-11-21(30(33,34)35)25(18-6-7-23(32)22(31)10-18)27-26(20)39(29(42)37-28)14-19(15-44-27)43-9-8-36-4;1-5-24(41)40-16(2)12-38(13-17(40)3)28-21-11-22(30(33,34)35)25(20-7-6-18(31)10-23(20)32)27-26(21)39(29(42)37-28)14-19(15-44-27)43-9-8-36-4;1-5-24(40)39-17(2)13-37(14-18(39)3)28-22-12-23(30(32,33)34)25(19-6-8-20(31)9-7-19)27-26(22)38(29(41)36-28)15-21(16-43-27)42-11-10-35-4/h2*5-7,10-11,16-17,19,36H,1,8-9,12-15H2,2-4H3;5-9,12,17-18,21,35H,1,10-11,13-16H2,2-4H3/t2*16-,17+,19?;17-,18+,21?. The Bertz CT molecular complexity index is 6030. The third-order valence-electron chi connectivity index (χ3n) is 23.5. The third-order valence-corrected chi connectivity index (χ3v) is 27.5. The molecular formula is C90H97ClF13N15O9S3. The summed E-state index contributed by atoms with van der Waals surface area (Å²) in [5.41, 5.74) is -5.12. The van der Waals surface area contributed by atoms with Crippen LogP contribution in [0.1, 0.15) is 58.2 Å². The lowest BCUT2D eigenvalue weighted by molar-refractivity contribution is -0.137. The van der Waals surface area contributed by atoms with Gasteiger partial charge in [0.2, 0.25) is 17.7 Å². The maximum Gasteiger partial charge on any atom is 0.417 e. The maximum absolute atomic E-state index is 15.2. The van der Waals surface area contributed by atoms with Gasteiger partial charge in [0, 0.05) is 172 Å². The highest BCUT2D eigenvalue weighted by Gasteiger charge is 2.46. The number of likely N-dealkylation sites (N-methyl/N-ethyl adjacent to an activating group) is 3. The van der Waals surface area contributed by atoms with Gasteiger partial charge in [0.1, 0.15) is 40.7 Å². The minimum Gasteiger partial charge on any atom is -0.374 e. The van der Waals surface area contributed by atoms with Crippen LogP contribution >= 0.6 is 46.9 Å². The van der Waals surface area contributed by atoms with Crippen LogP contribution in [0, 0.1) is 23.3 Å². The fourth-order valence-electron chi connectivity index (χ4n) is 18.0. The molecule has 24 nitrogen and oxygen atoms in total. The molecule has 9 heterocycles. The minimum atomic E-state index is -4.94. The monoisotopic (exact) mass is 1910 g/mol. The van der Waals surface area contributed by atoms with Crippen LogP contribution in [0.2, 0.25) is 5.02 Å². The number of rotatable bonds is 21. The van der Waals surface area contributed by atoms with Crippen LogP contribution in [-0.4, -0.2) is 233 Å². The lowest BCUT2D eigenvalue weighted by Gasteiger charge is -2.44. The highest BCUT2D eigenvalue weighted by Crippen LogP contribution is 2.54. The Morgan fingerprint density at radius 1 is 0.427 bits per heavy atom. The molecule has 0 bridgehead atoms. The van der Waals surface area contributed by atoms with Crippen molar-refractivity contribution in [2.24, 2.45) is 0 Å². The number of aromatic nitrogens is 6. The second-order valence-corrected chi connectivity index (χ2v) is 36.2. The smallest absolute Gasteiger partial charge is 0.374 e. The van der Waals surface area contributed by atoms with Crippen LogP contribution < -0.4 is 47.7 Å². The second-order valence-electron chi connectivity index (χ2n) is 32.7. The summed E-state index contributed by atoms with van der Waals surface area (Å²) < 4.78 is 213. The number of benzene rings is 6. The fourth-order valence-corrected chi connectivity index (χ4v) is 22.0. The van der Waals surface area contributed by atoms with Crippen molar-refractivity contribution in [3.63, 3.8) is 0 Å². The first-order valence-electron chi connectivity index (χ1n) is 42.1. The second kappa shape index (κ2) is 40.8. The Hall–Kier alpha value is -10.0. The number of piperazine rings is 3. The minimum absolute atomic E-state index is 0.0114. The molecule has 15 rings (SSSR count). The number of carbonyl (C=O) groups is 3. The van der Waals surface area contributed by atoms with Gasteiger partial charge in [0.05, 0.1) is 96.0 Å². The van der Waals surface area contributed by atoms with Crippen LogP contribution in [0.4, 0.5) is 74.5 Å². The molecule has 9 atom stereocenters. The van der Waals surface area contributed by atoms with Gasteiger partial charge in [0.25, 0.3) is 0 Å². The molecule has 131 heavy (non-hydrogen) atoms. The number of anilines is 3. The van der Waals surface area contributed by atoms with E-state index in [0.29, 0.717) is 50.2 Å². The van der Waals surface area contributed by atoms with Crippen molar-refractivity contribution >= 4 is 115 Å². The molecule has 0 radical (unpaired) electrons. The molecule has 41 heteroatoms. The van der Waals surface area contributed by atoms with E-state index < -0.39 is 105 Å². The summed E-state index contributed by atoms with van der Waals surface area (Å²) in [5.74, 6) is -3.21. The first kappa shape index (κ1) is 98.5. The lowest BCUT2D eigenvalue weighted by Crippen LogP contribution is -2.58. The van der Waals surface area contributed by atoms with E-state index in [1.807, 2.05) is 27.7 Å². The molecule has 6 aliphatic heterocycles. The molecule has 3 aromatic heterocycles. The summed E-state index contributed by atoms with van der Waals surface area (Å²) in [6.07, 6.45) is -12.4. The number of hydrogen-bond acceptors (Lipinski definition) is 21. The molecule has 3 N–H and O–H groups in total. The van der Waals surface area contributed by atoms with Crippen LogP contribution in [-0.2, 0) is 66.8 Å². The Kier molecular flexibility index (Phi) is 30.7. The molecule has 0 aliphatic carbocycles. The molecule has 3 unspecified atom stereocenters. The first-order chi connectivity index (χ1) is 62.1. The zero-order valence-electron chi connectivity index (χ0n) is 72.8. The van der Waals surface area contributed by atoms with E-state index in [9.17, 15) is 81.5 Å². The van der Waals surface area contributed by atoms with E-state index in [-0.39, 0.29) is 218 Å². The van der Waals surface area contributed by atoms with Gasteiger partial charge in [-0.2, -0.15) is 54.5 Å². The number of carbonyl (C=O) groups excluding carboxylic acids is 3. The molecule has 0 spiro atoms. The van der Waals surface area contributed by atoms with Crippen LogP contribution in [0.25, 0.3) is 66.1 Å². The summed E-state index contributed by atoms with van der Waals surface area (Å²) in [6.45, 7) is 25.8. The summed E-state index contributed by atoms with van der Waals surface area (Å²) in [6, 6.07) is 11.7. The summed E-state index contributed by atoms with van der Waals surface area (Å²) in [7, 11) is 5.29. The van der Waals surface area contributed by atoms with E-state index >= 15 is 4.39 Å². The number of halogens is 14. The Morgan fingerprint density at radius 2 is 0.733 bits per heavy atom. The number of ether oxygens (including phenoxy) is 3. The van der Waals surface area contributed by atoms with Crippen molar-refractivity contribution < 1.29 is 85.7 Å². The van der Waals surface area contributed by atoms with Crippen molar-refractivity contribution in [2.45, 2.75) is 149 Å². The highest BCUT2D eigenvalue weighted by atomic mass is 35.5. The Labute approximate surface area is 762 Å². The number of nitrogens with zero attached hydrogens (tertiary/aromatic N) is 12. The van der Waals surface area contributed by atoms with Gasteiger partial charge in [0.15, 0.2) is 0 Å². The zero-order valence-corrected chi connectivity index (χ0v) is 76.0. The number of nitrogens with one attached hydrogen (secondary N) is 3. The topological polar surface area (TPSA) is 239 Å². The van der Waals surface area contributed by atoms with Crippen molar-refractivity contribution in [2.75, 3.05) is 132 Å².